The molecule has 0 aliphatic heterocycles. The molecule has 0 aliphatic carbocycles. The van der Waals surface area contributed by atoms with Gasteiger partial charge in [0.15, 0.2) is 0 Å². The first kappa shape index (κ1) is 14.2. The molecule has 4 nitrogen and oxygen atoms in total. The molecule has 1 N–H and O–H groups in total. The van der Waals surface area contributed by atoms with Crippen LogP contribution in [0.2, 0.25) is 0 Å². The van der Waals surface area contributed by atoms with Gasteiger partial charge < -0.3 is 9.84 Å². The maximum Gasteiger partial charge on any atom is 0.264 e. The second kappa shape index (κ2) is 5.93. The van der Waals surface area contributed by atoms with Crippen LogP contribution in [0.3, 0.4) is 0 Å². The van der Waals surface area contributed by atoms with Crippen LogP contribution in [0.15, 0.2) is 47.0 Å². The minimum atomic E-state index is -0.742. The average molecular weight is 301 g/mol. The smallest absolute Gasteiger partial charge is 0.264 e. The number of nitrogens with one attached hydrogen (secondary N) is 1. The predicted molar refractivity (Wildman–Crippen MR) is 78.2 cm³/mol. The highest BCUT2D eigenvalue weighted by Gasteiger charge is 2.13. The van der Waals surface area contributed by atoms with Crippen molar-refractivity contribution < 1.29 is 13.3 Å². The van der Waals surface area contributed by atoms with Crippen molar-refractivity contribution in [2.75, 3.05) is 5.32 Å². The highest BCUT2D eigenvalue weighted by atomic mass is 19.1. The molecule has 1 heterocycles. The van der Waals surface area contributed by atoms with Crippen LogP contribution in [0.4, 0.5) is 14.7 Å². The fraction of sp³-hybridized carbons (Fsp3) is 0.125. The molecule has 22 heavy (non-hydrogen) atoms. The third kappa shape index (κ3) is 3.11. The van der Waals surface area contributed by atoms with Gasteiger partial charge in [0.25, 0.3) is 11.8 Å². The summed E-state index contributed by atoms with van der Waals surface area (Å²) in [7, 11) is 0. The summed E-state index contributed by atoms with van der Waals surface area (Å²) in [5.41, 5.74) is 2.31. The average Bonchev–Trinajstić information content (AvgIpc) is 2.95. The van der Waals surface area contributed by atoms with E-state index in [2.05, 4.69) is 15.5 Å². The van der Waals surface area contributed by atoms with Crippen molar-refractivity contribution in [1.82, 2.24) is 10.1 Å². The number of benzene rings is 2. The molecule has 0 saturated heterocycles. The molecule has 2 aromatic carbocycles. The monoisotopic (exact) mass is 301 g/mol. The van der Waals surface area contributed by atoms with Crippen LogP contribution in [0.25, 0.3) is 11.5 Å². The van der Waals surface area contributed by atoms with E-state index >= 15 is 0 Å². The fourth-order valence-electron chi connectivity index (χ4n) is 1.95. The van der Waals surface area contributed by atoms with Gasteiger partial charge in [-0.2, -0.15) is 4.98 Å². The molecule has 6 heteroatoms. The molecule has 0 aliphatic rings. The molecule has 3 rings (SSSR count). The standard InChI is InChI=1S/C16H13F2N3O/c1-10-2-4-11(5-3-10)9-19-16-20-15(22-21-16)13-7-6-12(17)8-14(13)18/h2-8H,9H2,1H3,(H,19,21). The number of hydrogen-bond acceptors (Lipinski definition) is 4. The summed E-state index contributed by atoms with van der Waals surface area (Å²) in [4.78, 5) is 4.05. The Balaban J connectivity index is 1.72. The van der Waals surface area contributed by atoms with Crippen molar-refractivity contribution in [2.45, 2.75) is 13.5 Å². The number of anilines is 1. The lowest BCUT2D eigenvalue weighted by Gasteiger charge is -2.01. The summed E-state index contributed by atoms with van der Waals surface area (Å²) in [5.74, 6) is -1.14. The Labute approximate surface area is 125 Å². The van der Waals surface area contributed by atoms with Crippen molar-refractivity contribution in [1.29, 1.82) is 0 Å². The predicted octanol–water partition coefficient (Wildman–Crippen LogP) is 3.94. The van der Waals surface area contributed by atoms with Crippen LogP contribution in [-0.2, 0) is 6.54 Å². The Morgan fingerprint density at radius 1 is 1.09 bits per heavy atom. The van der Waals surface area contributed by atoms with Crippen molar-refractivity contribution in [3.05, 3.63) is 65.2 Å². The van der Waals surface area contributed by atoms with Gasteiger partial charge in [0.1, 0.15) is 11.6 Å². The van der Waals surface area contributed by atoms with Crippen molar-refractivity contribution in [3.8, 4) is 11.5 Å². The summed E-state index contributed by atoms with van der Waals surface area (Å²) in [6.07, 6.45) is 0. The Bertz CT molecular complexity index is 784. The molecule has 0 spiro atoms. The Hall–Kier alpha value is -2.76. The molecule has 0 saturated carbocycles. The van der Waals surface area contributed by atoms with Crippen LogP contribution < -0.4 is 5.32 Å². The molecule has 0 radical (unpaired) electrons. The molecule has 1 aromatic heterocycles. The maximum absolute atomic E-state index is 13.6. The third-order valence-electron chi connectivity index (χ3n) is 3.16. The van der Waals surface area contributed by atoms with Crippen LogP contribution in [0.1, 0.15) is 11.1 Å². The number of halogens is 2. The number of nitrogens with zero attached hydrogens (tertiary/aromatic N) is 2. The van der Waals surface area contributed by atoms with Crippen molar-refractivity contribution in [2.24, 2.45) is 0 Å². The van der Waals surface area contributed by atoms with Crippen molar-refractivity contribution >= 4 is 5.95 Å². The van der Waals surface area contributed by atoms with Crippen LogP contribution in [-0.4, -0.2) is 10.1 Å². The number of aryl methyl sites for hydroxylation is 1. The molecular formula is C16H13F2N3O. The normalized spacial score (nSPS) is 10.7. The summed E-state index contributed by atoms with van der Waals surface area (Å²) >= 11 is 0. The van der Waals surface area contributed by atoms with E-state index in [1.165, 1.54) is 11.6 Å². The quantitative estimate of drug-likeness (QED) is 0.793. The number of hydrogen-bond donors (Lipinski definition) is 1. The summed E-state index contributed by atoms with van der Waals surface area (Å²) in [6.45, 7) is 2.53. The van der Waals surface area contributed by atoms with Gasteiger partial charge in [-0.15, -0.1) is 0 Å². The topological polar surface area (TPSA) is 51.0 Å². The van der Waals surface area contributed by atoms with Gasteiger partial charge in [0.05, 0.1) is 5.56 Å². The van der Waals surface area contributed by atoms with Gasteiger partial charge >= 0.3 is 0 Å². The minimum absolute atomic E-state index is 0.00362. The molecule has 0 atom stereocenters. The van der Waals surface area contributed by atoms with Gasteiger partial charge in [-0.3, -0.25) is 0 Å². The Morgan fingerprint density at radius 2 is 1.86 bits per heavy atom. The summed E-state index contributed by atoms with van der Waals surface area (Å²) in [5, 5.41) is 6.72. The Kier molecular flexibility index (Phi) is 3.82. The zero-order valence-corrected chi connectivity index (χ0v) is 11.8. The highest BCUT2D eigenvalue weighted by molar-refractivity contribution is 5.55. The lowest BCUT2D eigenvalue weighted by Crippen LogP contribution is -2.00. The molecule has 0 bridgehead atoms. The number of rotatable bonds is 4. The second-order valence-electron chi connectivity index (χ2n) is 4.89. The van der Waals surface area contributed by atoms with E-state index in [0.717, 1.165) is 17.7 Å². The molecule has 0 amide bonds. The van der Waals surface area contributed by atoms with Gasteiger partial charge in [0.2, 0.25) is 0 Å². The van der Waals surface area contributed by atoms with Gasteiger partial charge in [0, 0.05) is 12.6 Å². The van der Waals surface area contributed by atoms with E-state index in [0.29, 0.717) is 6.54 Å². The van der Waals surface area contributed by atoms with E-state index in [9.17, 15) is 8.78 Å². The van der Waals surface area contributed by atoms with Crippen LogP contribution >= 0.6 is 0 Å². The lowest BCUT2D eigenvalue weighted by atomic mass is 10.1. The zero-order valence-electron chi connectivity index (χ0n) is 11.8. The first-order chi connectivity index (χ1) is 10.6. The minimum Gasteiger partial charge on any atom is -0.347 e. The van der Waals surface area contributed by atoms with Crippen LogP contribution in [0.5, 0.6) is 0 Å². The summed E-state index contributed by atoms with van der Waals surface area (Å²) in [6, 6.07) is 11.2. The maximum atomic E-state index is 13.6. The van der Waals surface area contributed by atoms with E-state index < -0.39 is 11.6 Å². The SMILES string of the molecule is Cc1ccc(CNc2noc(-c3ccc(F)cc3F)n2)cc1. The van der Waals surface area contributed by atoms with Gasteiger partial charge in [-0.05, 0) is 29.8 Å². The van der Waals surface area contributed by atoms with Gasteiger partial charge in [-0.1, -0.05) is 29.8 Å². The second-order valence-corrected chi connectivity index (χ2v) is 4.89. The van der Waals surface area contributed by atoms with E-state index in [4.69, 9.17) is 4.52 Å². The lowest BCUT2D eigenvalue weighted by molar-refractivity contribution is 0.429. The van der Waals surface area contributed by atoms with Crippen LogP contribution in [0, 0.1) is 18.6 Å². The molecule has 3 aromatic rings. The first-order valence-corrected chi connectivity index (χ1v) is 6.70. The van der Waals surface area contributed by atoms with E-state index in [-0.39, 0.29) is 17.4 Å². The first-order valence-electron chi connectivity index (χ1n) is 6.70. The van der Waals surface area contributed by atoms with E-state index in [1.807, 2.05) is 31.2 Å². The van der Waals surface area contributed by atoms with Crippen molar-refractivity contribution in [3.63, 3.8) is 0 Å². The molecule has 0 unspecified atom stereocenters. The summed E-state index contributed by atoms with van der Waals surface area (Å²) < 4.78 is 31.5. The van der Waals surface area contributed by atoms with Gasteiger partial charge in [-0.25, -0.2) is 8.78 Å². The van der Waals surface area contributed by atoms with E-state index in [1.54, 1.807) is 0 Å². The molecular weight excluding hydrogens is 288 g/mol. The molecule has 112 valence electrons. The molecule has 0 fully saturated rings. The largest absolute Gasteiger partial charge is 0.347 e. The highest BCUT2D eigenvalue weighted by Crippen LogP contribution is 2.22. The zero-order chi connectivity index (χ0) is 15.5. The number of aromatic nitrogens is 2. The fourth-order valence-corrected chi connectivity index (χ4v) is 1.95. The Morgan fingerprint density at radius 3 is 2.59 bits per heavy atom. The third-order valence-corrected chi connectivity index (χ3v) is 3.16.